The van der Waals surface area contributed by atoms with E-state index in [9.17, 15) is 0 Å². The number of likely N-dealkylation sites (tertiary alicyclic amines) is 1. The molecule has 1 aliphatic rings. The predicted molar refractivity (Wildman–Crippen MR) is 45.6 cm³/mol. The summed E-state index contributed by atoms with van der Waals surface area (Å²) < 4.78 is 2.30. The van der Waals surface area contributed by atoms with Crippen LogP contribution in [-0.4, -0.2) is 29.1 Å². The van der Waals surface area contributed by atoms with E-state index in [1.165, 1.54) is 19.6 Å². The van der Waals surface area contributed by atoms with Crippen LogP contribution in [0.4, 0.5) is 0 Å². The van der Waals surface area contributed by atoms with Gasteiger partial charge < -0.3 is 4.57 Å². The van der Waals surface area contributed by atoms with Gasteiger partial charge in [-0.05, 0) is 18.7 Å². The Morgan fingerprint density at radius 2 is 1.91 bits per heavy atom. The molecular weight excluding hydrogens is 136 g/mol. The highest BCUT2D eigenvalue weighted by Gasteiger charge is 2.25. The van der Waals surface area contributed by atoms with E-state index in [-0.39, 0.29) is 0 Å². The van der Waals surface area contributed by atoms with Crippen molar-refractivity contribution in [3.63, 3.8) is 0 Å². The second-order valence-electron chi connectivity index (χ2n) is 3.14. The average molecular weight is 150 g/mol. The molecule has 0 atom stereocenters. The highest BCUT2D eigenvalue weighted by molar-refractivity contribution is 4.97. The maximum atomic E-state index is 2.45. The highest BCUT2D eigenvalue weighted by atomic mass is 15.3. The Labute approximate surface area is 67.4 Å². The van der Waals surface area contributed by atoms with Crippen molar-refractivity contribution >= 4 is 0 Å². The largest absolute Gasteiger partial charge is 0.349 e. The quantitative estimate of drug-likeness (QED) is 0.618. The molecule has 0 amide bonds. The monoisotopic (exact) mass is 150 g/mol. The van der Waals surface area contributed by atoms with Crippen LogP contribution in [0.25, 0.3) is 0 Å². The van der Waals surface area contributed by atoms with Crippen molar-refractivity contribution in [2.75, 3.05) is 19.6 Å². The molecule has 0 bridgehead atoms. The Bertz CT molecular complexity index is 209. The van der Waals surface area contributed by atoms with Crippen molar-refractivity contribution in [2.45, 2.75) is 13.0 Å². The maximum absolute atomic E-state index is 2.45. The Kier molecular flexibility index (Phi) is 1.70. The van der Waals surface area contributed by atoms with Crippen LogP contribution in [0.1, 0.15) is 13.0 Å². The zero-order valence-electron chi connectivity index (χ0n) is 6.90. The van der Waals surface area contributed by atoms with Gasteiger partial charge in [-0.25, -0.2) is 0 Å². The molecule has 0 aromatic carbocycles. The summed E-state index contributed by atoms with van der Waals surface area (Å²) in [6.07, 6.45) is 4.30. The molecule has 2 rings (SSSR count). The minimum Gasteiger partial charge on any atom is -0.349 e. The Morgan fingerprint density at radius 1 is 1.27 bits per heavy atom. The number of hydrogen-bond donors (Lipinski definition) is 0. The lowest BCUT2D eigenvalue weighted by atomic mass is 10.1. The zero-order chi connectivity index (χ0) is 7.68. The number of aromatic nitrogens is 1. The van der Waals surface area contributed by atoms with Crippen molar-refractivity contribution in [1.82, 2.24) is 9.47 Å². The third kappa shape index (κ3) is 1.18. The van der Waals surface area contributed by atoms with Crippen molar-refractivity contribution < 1.29 is 0 Å². The maximum Gasteiger partial charge on any atom is 0.0584 e. The summed E-state index contributed by atoms with van der Waals surface area (Å²) in [5, 5.41) is 0. The summed E-state index contributed by atoms with van der Waals surface area (Å²) in [7, 11) is 0. The van der Waals surface area contributed by atoms with Crippen LogP contribution >= 0.6 is 0 Å². The summed E-state index contributed by atoms with van der Waals surface area (Å²) in [5.41, 5.74) is 0. The SMILES string of the molecule is CCN1CC(n2cccc2)C1. The molecule has 11 heavy (non-hydrogen) atoms. The lowest BCUT2D eigenvalue weighted by molar-refractivity contribution is 0.114. The summed E-state index contributed by atoms with van der Waals surface area (Å²) in [6.45, 7) is 5.86. The van der Waals surface area contributed by atoms with Crippen molar-refractivity contribution in [1.29, 1.82) is 0 Å². The van der Waals surface area contributed by atoms with E-state index in [1.807, 2.05) is 0 Å². The molecule has 1 aromatic heterocycles. The Morgan fingerprint density at radius 3 is 2.45 bits per heavy atom. The number of nitrogens with zero attached hydrogens (tertiary/aromatic N) is 2. The van der Waals surface area contributed by atoms with Gasteiger partial charge in [-0.2, -0.15) is 0 Å². The summed E-state index contributed by atoms with van der Waals surface area (Å²) in [4.78, 5) is 2.45. The molecule has 0 saturated carbocycles. The van der Waals surface area contributed by atoms with Crippen LogP contribution in [0, 0.1) is 0 Å². The third-order valence-corrected chi connectivity index (χ3v) is 2.43. The minimum atomic E-state index is 0.741. The molecule has 1 aliphatic heterocycles. The number of hydrogen-bond acceptors (Lipinski definition) is 1. The fraction of sp³-hybridized carbons (Fsp3) is 0.556. The standard InChI is InChI=1S/C9H14N2/c1-2-10-7-9(8-10)11-5-3-4-6-11/h3-6,9H,2,7-8H2,1H3. The van der Waals surface area contributed by atoms with Crippen molar-refractivity contribution in [2.24, 2.45) is 0 Å². The van der Waals surface area contributed by atoms with E-state index in [4.69, 9.17) is 0 Å². The van der Waals surface area contributed by atoms with E-state index >= 15 is 0 Å². The fourth-order valence-electron chi connectivity index (χ4n) is 1.58. The lowest BCUT2D eigenvalue weighted by Crippen LogP contribution is -2.46. The van der Waals surface area contributed by atoms with Crippen LogP contribution in [0.5, 0.6) is 0 Å². The first-order chi connectivity index (χ1) is 5.40. The smallest absolute Gasteiger partial charge is 0.0584 e. The minimum absolute atomic E-state index is 0.741. The zero-order valence-corrected chi connectivity index (χ0v) is 6.90. The first-order valence-corrected chi connectivity index (χ1v) is 4.25. The molecule has 1 saturated heterocycles. The van der Waals surface area contributed by atoms with Gasteiger partial charge in [0, 0.05) is 25.5 Å². The van der Waals surface area contributed by atoms with Gasteiger partial charge >= 0.3 is 0 Å². The summed E-state index contributed by atoms with van der Waals surface area (Å²) >= 11 is 0. The highest BCUT2D eigenvalue weighted by Crippen LogP contribution is 2.19. The molecule has 0 radical (unpaired) electrons. The third-order valence-electron chi connectivity index (χ3n) is 2.43. The Hall–Kier alpha value is -0.760. The first kappa shape index (κ1) is 6.92. The fourth-order valence-corrected chi connectivity index (χ4v) is 1.58. The average Bonchev–Trinajstić information content (AvgIpc) is 2.37. The molecule has 60 valence electrons. The molecular formula is C9H14N2. The van der Waals surface area contributed by atoms with Crippen LogP contribution < -0.4 is 0 Å². The molecule has 2 heteroatoms. The van der Waals surface area contributed by atoms with Gasteiger partial charge in [-0.1, -0.05) is 6.92 Å². The first-order valence-electron chi connectivity index (χ1n) is 4.25. The van der Waals surface area contributed by atoms with Crippen LogP contribution in [0.3, 0.4) is 0 Å². The van der Waals surface area contributed by atoms with Gasteiger partial charge in [0.25, 0.3) is 0 Å². The Balaban J connectivity index is 1.92. The molecule has 2 nitrogen and oxygen atoms in total. The second kappa shape index (κ2) is 2.70. The molecule has 0 aliphatic carbocycles. The van der Waals surface area contributed by atoms with E-state index in [2.05, 4.69) is 40.9 Å². The molecule has 0 unspecified atom stereocenters. The summed E-state index contributed by atoms with van der Waals surface area (Å²) in [6, 6.07) is 4.92. The topological polar surface area (TPSA) is 8.17 Å². The van der Waals surface area contributed by atoms with Crippen molar-refractivity contribution in [3.8, 4) is 0 Å². The normalized spacial score (nSPS) is 20.1. The lowest BCUT2D eigenvalue weighted by Gasteiger charge is -2.39. The van der Waals surface area contributed by atoms with E-state index < -0.39 is 0 Å². The van der Waals surface area contributed by atoms with Gasteiger partial charge in [0.1, 0.15) is 0 Å². The second-order valence-corrected chi connectivity index (χ2v) is 3.14. The van der Waals surface area contributed by atoms with Gasteiger partial charge in [-0.3, -0.25) is 4.90 Å². The van der Waals surface area contributed by atoms with Crippen LogP contribution in [0.2, 0.25) is 0 Å². The van der Waals surface area contributed by atoms with Crippen molar-refractivity contribution in [3.05, 3.63) is 24.5 Å². The molecule has 0 spiro atoms. The molecule has 1 aromatic rings. The van der Waals surface area contributed by atoms with Gasteiger partial charge in [0.15, 0.2) is 0 Å². The van der Waals surface area contributed by atoms with E-state index in [0.717, 1.165) is 6.04 Å². The van der Waals surface area contributed by atoms with E-state index in [0.29, 0.717) is 0 Å². The number of likely N-dealkylation sites (N-methyl/N-ethyl adjacent to an activating group) is 1. The predicted octanol–water partition coefficient (Wildman–Crippen LogP) is 1.36. The molecule has 0 N–H and O–H groups in total. The van der Waals surface area contributed by atoms with Gasteiger partial charge in [0.2, 0.25) is 0 Å². The van der Waals surface area contributed by atoms with Gasteiger partial charge in [-0.15, -0.1) is 0 Å². The van der Waals surface area contributed by atoms with Crippen LogP contribution in [0.15, 0.2) is 24.5 Å². The molecule has 1 fully saturated rings. The van der Waals surface area contributed by atoms with Crippen LogP contribution in [-0.2, 0) is 0 Å². The number of rotatable bonds is 2. The molecule has 2 heterocycles. The van der Waals surface area contributed by atoms with E-state index in [1.54, 1.807) is 0 Å². The summed E-state index contributed by atoms with van der Waals surface area (Å²) in [5.74, 6) is 0. The van der Waals surface area contributed by atoms with Gasteiger partial charge in [0.05, 0.1) is 6.04 Å².